The molecule has 0 radical (unpaired) electrons. The average Bonchev–Trinajstić information content (AvgIpc) is 3.22. The van der Waals surface area contributed by atoms with Gasteiger partial charge in [0.25, 0.3) is 5.91 Å². The second-order valence-corrected chi connectivity index (χ2v) is 8.37. The molecular weight excluding hydrogens is 388 g/mol. The Morgan fingerprint density at radius 2 is 1.94 bits per heavy atom. The lowest BCUT2D eigenvalue weighted by molar-refractivity contribution is -0.162. The Balaban J connectivity index is 0.00000104. The molecule has 1 atom stereocenters. The number of allylic oxidation sites excluding steroid dienone is 1. The minimum Gasteiger partial charge on any atom is -0.396 e. The van der Waals surface area contributed by atoms with Crippen molar-refractivity contribution in [1.29, 1.82) is 0 Å². The number of carbonyl (C=O) groups excluding carboxylic acids is 1. The van der Waals surface area contributed by atoms with Crippen LogP contribution < -0.4 is 5.32 Å². The standard InChI is InChI=1S/C19H26N2O3.C6H12.CH4.H2/c1-3-14-6-8-15(9-7-14)12-16-13-17(20-4-2)18(16)19(23)21(24)10-5-11-22;1-6-4-2-3-5-6;;/h3,6-9,16,20,22,24H,1,4-5,10-13H2,2H3;6H,2-5H2,1H3;1H4;1H. The van der Waals surface area contributed by atoms with E-state index in [0.29, 0.717) is 12.0 Å². The molecule has 2 aliphatic carbocycles. The van der Waals surface area contributed by atoms with E-state index in [2.05, 4.69) is 18.8 Å². The van der Waals surface area contributed by atoms with Gasteiger partial charge in [0, 0.05) is 31.8 Å². The predicted octanol–water partition coefficient (Wildman–Crippen LogP) is 5.43. The number of hydrogen-bond acceptors (Lipinski definition) is 4. The fourth-order valence-electron chi connectivity index (χ4n) is 4.10. The monoisotopic (exact) mass is 432 g/mol. The van der Waals surface area contributed by atoms with E-state index in [-0.39, 0.29) is 33.8 Å². The van der Waals surface area contributed by atoms with E-state index in [1.807, 2.05) is 31.2 Å². The molecule has 176 valence electrons. The highest BCUT2D eigenvalue weighted by Crippen LogP contribution is 2.37. The number of nitrogens with one attached hydrogen (secondary N) is 1. The predicted molar refractivity (Wildman–Crippen MR) is 131 cm³/mol. The molecule has 1 aromatic carbocycles. The topological polar surface area (TPSA) is 72.8 Å². The Morgan fingerprint density at radius 1 is 1.29 bits per heavy atom. The Bertz CT molecular complexity index is 712. The van der Waals surface area contributed by atoms with Crippen LogP contribution in [0.1, 0.15) is 72.4 Å². The molecule has 1 aromatic rings. The molecule has 1 amide bonds. The van der Waals surface area contributed by atoms with Gasteiger partial charge in [0.05, 0.1) is 6.54 Å². The van der Waals surface area contributed by atoms with Crippen LogP contribution in [0.4, 0.5) is 0 Å². The Kier molecular flexibility index (Phi) is 12.2. The Hall–Kier alpha value is -2.11. The number of rotatable bonds is 9. The lowest BCUT2D eigenvalue weighted by Gasteiger charge is -2.34. The summed E-state index contributed by atoms with van der Waals surface area (Å²) in [5, 5.41) is 22.7. The van der Waals surface area contributed by atoms with E-state index < -0.39 is 0 Å². The third-order valence-corrected chi connectivity index (χ3v) is 5.91. The lowest BCUT2D eigenvalue weighted by atomic mass is 9.76. The first-order chi connectivity index (χ1) is 14.5. The van der Waals surface area contributed by atoms with Gasteiger partial charge in [-0.15, -0.1) is 0 Å². The molecule has 3 rings (SSSR count). The Morgan fingerprint density at radius 3 is 2.42 bits per heavy atom. The minimum absolute atomic E-state index is 0. The minimum atomic E-state index is -0.363. The molecule has 0 heterocycles. The van der Waals surface area contributed by atoms with Gasteiger partial charge in [-0.1, -0.05) is 77.0 Å². The molecule has 3 N–H and O–H groups in total. The number of aliphatic hydroxyl groups excluding tert-OH is 1. The second kappa shape index (κ2) is 14.0. The SMILES string of the molecule is C.C=Cc1ccc(CC2CC(NCC)=C2C(=O)N(O)CCCO)cc1.CC1CCCC1.[HH]. The van der Waals surface area contributed by atoms with Crippen LogP contribution in [0, 0.1) is 11.8 Å². The van der Waals surface area contributed by atoms with Crippen molar-refractivity contribution in [2.45, 2.75) is 66.2 Å². The number of benzene rings is 1. The highest BCUT2D eigenvalue weighted by molar-refractivity contribution is 5.95. The normalized spacial score (nSPS) is 17.7. The molecule has 0 aliphatic heterocycles. The van der Waals surface area contributed by atoms with Crippen molar-refractivity contribution in [2.75, 3.05) is 19.7 Å². The molecule has 2 aliphatic rings. The summed E-state index contributed by atoms with van der Waals surface area (Å²) < 4.78 is 0. The van der Waals surface area contributed by atoms with Crippen molar-refractivity contribution in [3.8, 4) is 0 Å². The zero-order valence-electron chi connectivity index (χ0n) is 18.6. The van der Waals surface area contributed by atoms with E-state index in [4.69, 9.17) is 5.11 Å². The van der Waals surface area contributed by atoms with Gasteiger partial charge in [-0.2, -0.15) is 0 Å². The van der Waals surface area contributed by atoms with E-state index in [0.717, 1.165) is 47.2 Å². The number of carbonyl (C=O) groups is 1. The van der Waals surface area contributed by atoms with Gasteiger partial charge < -0.3 is 10.4 Å². The number of hydroxylamine groups is 2. The first kappa shape index (κ1) is 26.9. The summed E-state index contributed by atoms with van der Waals surface area (Å²) in [5.41, 5.74) is 3.80. The van der Waals surface area contributed by atoms with Gasteiger partial charge in [-0.3, -0.25) is 10.0 Å². The zero-order chi connectivity index (χ0) is 21.9. The van der Waals surface area contributed by atoms with E-state index in [1.165, 1.54) is 25.7 Å². The third kappa shape index (κ3) is 8.15. The maximum atomic E-state index is 12.5. The number of nitrogens with zero attached hydrogens (tertiary/aromatic N) is 1. The summed E-state index contributed by atoms with van der Waals surface area (Å²) in [4.78, 5) is 12.5. The first-order valence-electron chi connectivity index (χ1n) is 11.3. The largest absolute Gasteiger partial charge is 0.396 e. The fourth-order valence-corrected chi connectivity index (χ4v) is 4.10. The number of hydrogen-bond donors (Lipinski definition) is 3. The van der Waals surface area contributed by atoms with Crippen molar-refractivity contribution < 1.29 is 16.5 Å². The molecule has 0 saturated heterocycles. The van der Waals surface area contributed by atoms with Crippen LogP contribution in [0.5, 0.6) is 0 Å². The van der Waals surface area contributed by atoms with Gasteiger partial charge in [0.1, 0.15) is 0 Å². The molecule has 1 saturated carbocycles. The van der Waals surface area contributed by atoms with E-state index in [1.54, 1.807) is 6.08 Å². The van der Waals surface area contributed by atoms with Crippen molar-refractivity contribution >= 4 is 12.0 Å². The summed E-state index contributed by atoms with van der Waals surface area (Å²) in [6.45, 7) is 8.90. The van der Waals surface area contributed by atoms with Gasteiger partial charge in [0.15, 0.2) is 0 Å². The van der Waals surface area contributed by atoms with Crippen molar-refractivity contribution in [3.63, 3.8) is 0 Å². The van der Waals surface area contributed by atoms with Crippen LogP contribution in [0.2, 0.25) is 0 Å². The van der Waals surface area contributed by atoms with Crippen LogP contribution >= 0.6 is 0 Å². The summed E-state index contributed by atoms with van der Waals surface area (Å²) in [7, 11) is 0. The molecule has 0 bridgehead atoms. The van der Waals surface area contributed by atoms with Crippen molar-refractivity contribution in [3.05, 3.63) is 53.2 Å². The van der Waals surface area contributed by atoms with Gasteiger partial charge in [0.2, 0.25) is 0 Å². The molecule has 31 heavy (non-hydrogen) atoms. The highest BCUT2D eigenvalue weighted by atomic mass is 16.5. The summed E-state index contributed by atoms with van der Waals surface area (Å²) in [6, 6.07) is 8.12. The smallest absolute Gasteiger partial charge is 0.275 e. The molecule has 5 nitrogen and oxygen atoms in total. The van der Waals surface area contributed by atoms with Crippen LogP contribution in [-0.2, 0) is 11.2 Å². The molecule has 0 spiro atoms. The third-order valence-electron chi connectivity index (χ3n) is 5.91. The van der Waals surface area contributed by atoms with Crippen LogP contribution in [0.3, 0.4) is 0 Å². The maximum absolute atomic E-state index is 12.5. The van der Waals surface area contributed by atoms with Gasteiger partial charge in [-0.25, -0.2) is 5.06 Å². The summed E-state index contributed by atoms with van der Waals surface area (Å²) in [6.07, 6.45) is 9.69. The van der Waals surface area contributed by atoms with Crippen LogP contribution in [0.25, 0.3) is 6.08 Å². The molecule has 5 heteroatoms. The van der Waals surface area contributed by atoms with Gasteiger partial charge >= 0.3 is 0 Å². The zero-order valence-corrected chi connectivity index (χ0v) is 18.6. The average molecular weight is 433 g/mol. The Labute approximate surface area is 190 Å². The molecule has 1 unspecified atom stereocenters. The highest BCUT2D eigenvalue weighted by Gasteiger charge is 2.36. The van der Waals surface area contributed by atoms with E-state index in [9.17, 15) is 10.0 Å². The fraction of sp³-hybridized carbons (Fsp3) is 0.577. The van der Waals surface area contributed by atoms with Crippen LogP contribution in [-0.4, -0.2) is 41.0 Å². The summed E-state index contributed by atoms with van der Waals surface area (Å²) in [5.74, 6) is 0.785. The van der Waals surface area contributed by atoms with Gasteiger partial charge in [-0.05, 0) is 43.2 Å². The first-order valence-corrected chi connectivity index (χ1v) is 11.3. The molecular formula is C26H44N2O3. The van der Waals surface area contributed by atoms with E-state index >= 15 is 0 Å². The van der Waals surface area contributed by atoms with Crippen molar-refractivity contribution in [1.82, 2.24) is 10.4 Å². The summed E-state index contributed by atoms with van der Waals surface area (Å²) >= 11 is 0. The van der Waals surface area contributed by atoms with Crippen LogP contribution in [0.15, 0.2) is 42.1 Å². The molecule has 0 aromatic heterocycles. The number of amides is 1. The van der Waals surface area contributed by atoms with Crippen molar-refractivity contribution in [2.24, 2.45) is 11.8 Å². The second-order valence-electron chi connectivity index (χ2n) is 8.37. The quantitative estimate of drug-likeness (QED) is 0.359. The molecule has 1 fully saturated rings. The number of aliphatic hydroxyl groups is 1. The lowest BCUT2D eigenvalue weighted by Crippen LogP contribution is -2.40. The maximum Gasteiger partial charge on any atom is 0.275 e.